The molecule has 0 saturated carbocycles. The lowest BCUT2D eigenvalue weighted by Gasteiger charge is -2.45. The van der Waals surface area contributed by atoms with E-state index in [2.05, 4.69) is 36.4 Å². The van der Waals surface area contributed by atoms with Crippen molar-refractivity contribution in [2.24, 2.45) is 0 Å². The number of carboxylic acids is 1. The van der Waals surface area contributed by atoms with Gasteiger partial charge in [-0.3, -0.25) is 4.79 Å². The smallest absolute Gasteiger partial charge is 0.303 e. The summed E-state index contributed by atoms with van der Waals surface area (Å²) in [7, 11) is 0. The first kappa shape index (κ1) is 38.7. The number of hydrogen-bond acceptors (Lipinski definition) is 6. The SMILES string of the molecule is C[C@@H]1O[C@@H](OCCCCCCCCCCCCCCC(=O)O)[C@H](OCc2ccccc2)[C@H](OCc2ccccc2)[C@H]1OCc1ccccc1. The highest BCUT2D eigenvalue weighted by Crippen LogP contribution is 2.31. The van der Waals surface area contributed by atoms with Gasteiger partial charge >= 0.3 is 5.97 Å². The lowest BCUT2D eigenvalue weighted by molar-refractivity contribution is -0.320. The number of rotatable bonds is 25. The first-order chi connectivity index (χ1) is 24.1. The van der Waals surface area contributed by atoms with Gasteiger partial charge in [0.25, 0.3) is 0 Å². The summed E-state index contributed by atoms with van der Waals surface area (Å²) in [6.45, 7) is 3.96. The first-order valence-electron chi connectivity index (χ1n) is 18.6. The third-order valence-electron chi connectivity index (χ3n) is 9.15. The average molecular weight is 675 g/mol. The molecule has 268 valence electrons. The van der Waals surface area contributed by atoms with E-state index in [1.165, 1.54) is 44.9 Å². The predicted molar refractivity (Wildman–Crippen MR) is 193 cm³/mol. The van der Waals surface area contributed by atoms with E-state index in [1.807, 2.05) is 61.5 Å². The highest BCUT2D eigenvalue weighted by molar-refractivity contribution is 5.66. The molecule has 1 N–H and O–H groups in total. The second-order valence-corrected chi connectivity index (χ2v) is 13.3. The van der Waals surface area contributed by atoms with Crippen molar-refractivity contribution in [3.8, 4) is 0 Å². The summed E-state index contributed by atoms with van der Waals surface area (Å²) in [6.07, 6.45) is 12.1. The zero-order chi connectivity index (χ0) is 34.4. The van der Waals surface area contributed by atoms with Crippen molar-refractivity contribution in [3.63, 3.8) is 0 Å². The molecule has 0 aliphatic carbocycles. The van der Waals surface area contributed by atoms with Crippen LogP contribution < -0.4 is 0 Å². The monoisotopic (exact) mass is 674 g/mol. The predicted octanol–water partition coefficient (Wildman–Crippen LogP) is 9.66. The van der Waals surface area contributed by atoms with E-state index in [1.54, 1.807) is 0 Å². The van der Waals surface area contributed by atoms with Crippen molar-refractivity contribution in [2.75, 3.05) is 6.61 Å². The molecule has 7 heteroatoms. The van der Waals surface area contributed by atoms with E-state index >= 15 is 0 Å². The molecule has 0 radical (unpaired) electrons. The molecule has 0 bridgehead atoms. The van der Waals surface area contributed by atoms with Gasteiger partial charge in [0.1, 0.15) is 18.3 Å². The third kappa shape index (κ3) is 15.2. The molecule has 49 heavy (non-hydrogen) atoms. The zero-order valence-electron chi connectivity index (χ0n) is 29.5. The Morgan fingerprint density at radius 3 is 1.37 bits per heavy atom. The number of carboxylic acid groups (broad SMARTS) is 1. The topological polar surface area (TPSA) is 83.5 Å². The largest absolute Gasteiger partial charge is 0.481 e. The molecule has 1 heterocycles. The van der Waals surface area contributed by atoms with Gasteiger partial charge in [0.05, 0.1) is 25.9 Å². The van der Waals surface area contributed by atoms with Gasteiger partial charge < -0.3 is 28.8 Å². The second-order valence-electron chi connectivity index (χ2n) is 13.3. The molecule has 0 aromatic heterocycles. The fourth-order valence-electron chi connectivity index (χ4n) is 6.35. The van der Waals surface area contributed by atoms with Crippen LogP contribution in [0.4, 0.5) is 0 Å². The number of unbranched alkanes of at least 4 members (excludes halogenated alkanes) is 11. The lowest BCUT2D eigenvalue weighted by atomic mass is 9.98. The molecule has 5 atom stereocenters. The van der Waals surface area contributed by atoms with Gasteiger partial charge in [0.15, 0.2) is 6.29 Å². The number of aliphatic carboxylic acids is 1. The highest BCUT2D eigenvalue weighted by atomic mass is 16.7. The zero-order valence-corrected chi connectivity index (χ0v) is 29.5. The average Bonchev–Trinajstić information content (AvgIpc) is 3.12. The molecule has 1 aliphatic rings. The van der Waals surface area contributed by atoms with E-state index in [9.17, 15) is 4.79 Å². The Balaban J connectivity index is 1.27. The molecule has 3 aromatic rings. The van der Waals surface area contributed by atoms with Crippen molar-refractivity contribution in [2.45, 2.75) is 141 Å². The van der Waals surface area contributed by atoms with E-state index < -0.39 is 24.5 Å². The van der Waals surface area contributed by atoms with Crippen molar-refractivity contribution in [3.05, 3.63) is 108 Å². The minimum absolute atomic E-state index is 0.254. The maximum atomic E-state index is 10.6. The summed E-state index contributed by atoms with van der Waals surface area (Å²) in [6, 6.07) is 30.6. The first-order valence-corrected chi connectivity index (χ1v) is 18.6. The van der Waals surface area contributed by atoms with Crippen LogP contribution in [0, 0.1) is 0 Å². The summed E-state index contributed by atoms with van der Waals surface area (Å²) < 4.78 is 32.8. The highest BCUT2D eigenvalue weighted by Gasteiger charge is 2.47. The van der Waals surface area contributed by atoms with Gasteiger partial charge in [0.2, 0.25) is 0 Å². The number of carbonyl (C=O) groups is 1. The van der Waals surface area contributed by atoms with Crippen LogP contribution in [-0.2, 0) is 48.3 Å². The Kier molecular flexibility index (Phi) is 18.5. The van der Waals surface area contributed by atoms with Gasteiger partial charge in [-0.1, -0.05) is 155 Å². The molecule has 3 aromatic carbocycles. The Morgan fingerprint density at radius 2 is 0.918 bits per heavy atom. The van der Waals surface area contributed by atoms with Crippen molar-refractivity contribution in [1.29, 1.82) is 0 Å². The molecule has 1 saturated heterocycles. The van der Waals surface area contributed by atoms with E-state index in [0.717, 1.165) is 48.8 Å². The maximum Gasteiger partial charge on any atom is 0.303 e. The summed E-state index contributed by atoms with van der Waals surface area (Å²) >= 11 is 0. The van der Waals surface area contributed by atoms with E-state index in [4.69, 9.17) is 28.8 Å². The number of hydrogen-bond donors (Lipinski definition) is 1. The number of ether oxygens (including phenoxy) is 5. The van der Waals surface area contributed by atoms with Crippen LogP contribution in [0.2, 0.25) is 0 Å². The standard InChI is InChI=1S/C42H58O7/c1-34-39(46-31-35-23-15-12-16-24-35)40(47-32-36-25-17-13-18-26-36)41(48-33-37-27-19-14-20-28-37)42(49-34)45-30-22-11-9-7-5-3-2-4-6-8-10-21-29-38(43)44/h12-20,23-28,34,39-42H,2-11,21-22,29-33H2,1H3,(H,43,44)/t34-,39-,40+,41+,42+/m0/s1. The molecule has 0 amide bonds. The molecule has 0 unspecified atom stereocenters. The van der Waals surface area contributed by atoms with Crippen LogP contribution in [-0.4, -0.2) is 48.4 Å². The van der Waals surface area contributed by atoms with Crippen LogP contribution in [0.15, 0.2) is 91.0 Å². The fraction of sp³-hybridized carbons (Fsp3) is 0.548. The molecular weight excluding hydrogens is 616 g/mol. The summed E-state index contributed by atoms with van der Waals surface area (Å²) in [4.78, 5) is 10.6. The van der Waals surface area contributed by atoms with Crippen LogP contribution in [0.25, 0.3) is 0 Å². The normalized spacial score (nSPS) is 20.7. The fourth-order valence-corrected chi connectivity index (χ4v) is 6.35. The van der Waals surface area contributed by atoms with Gasteiger partial charge in [-0.25, -0.2) is 0 Å². The third-order valence-corrected chi connectivity index (χ3v) is 9.15. The van der Waals surface area contributed by atoms with Crippen LogP contribution in [0.1, 0.15) is 107 Å². The molecule has 4 rings (SSSR count). The lowest BCUT2D eigenvalue weighted by Crippen LogP contribution is -2.60. The minimum atomic E-state index is -0.684. The summed E-state index contributed by atoms with van der Waals surface area (Å²) in [5, 5.41) is 8.73. The molecule has 7 nitrogen and oxygen atoms in total. The van der Waals surface area contributed by atoms with E-state index in [-0.39, 0.29) is 12.2 Å². The number of benzene rings is 3. The van der Waals surface area contributed by atoms with Gasteiger partial charge in [-0.2, -0.15) is 0 Å². The van der Waals surface area contributed by atoms with Crippen molar-refractivity contribution in [1.82, 2.24) is 0 Å². The summed E-state index contributed by atoms with van der Waals surface area (Å²) in [5.74, 6) is -0.684. The second kappa shape index (κ2) is 23.4. The van der Waals surface area contributed by atoms with Gasteiger partial charge in [-0.15, -0.1) is 0 Å². The Labute approximate surface area is 294 Å². The Hall–Kier alpha value is -3.07. The Bertz CT molecular complexity index is 1260. The van der Waals surface area contributed by atoms with Crippen LogP contribution in [0.5, 0.6) is 0 Å². The van der Waals surface area contributed by atoms with Crippen LogP contribution in [0.3, 0.4) is 0 Å². The maximum absolute atomic E-state index is 10.6. The van der Waals surface area contributed by atoms with Gasteiger partial charge in [0, 0.05) is 13.0 Å². The van der Waals surface area contributed by atoms with Crippen molar-refractivity contribution >= 4 is 5.97 Å². The molecule has 0 spiro atoms. The summed E-state index contributed by atoms with van der Waals surface area (Å²) in [5.41, 5.74) is 3.27. The molecular formula is C42H58O7. The quantitative estimate of drug-likeness (QED) is 0.0896. The van der Waals surface area contributed by atoms with Gasteiger partial charge in [-0.05, 0) is 36.5 Å². The Morgan fingerprint density at radius 1 is 0.531 bits per heavy atom. The van der Waals surface area contributed by atoms with Crippen molar-refractivity contribution < 1.29 is 33.6 Å². The minimum Gasteiger partial charge on any atom is -0.481 e. The molecule has 1 aliphatic heterocycles. The van der Waals surface area contributed by atoms with Crippen LogP contribution >= 0.6 is 0 Å². The van der Waals surface area contributed by atoms with E-state index in [0.29, 0.717) is 32.8 Å². The molecule has 1 fully saturated rings.